The summed E-state index contributed by atoms with van der Waals surface area (Å²) in [5.74, 6) is 0. The van der Waals surface area contributed by atoms with E-state index in [2.05, 4.69) is 4.52 Å². The molecule has 66 valence electrons. The first-order valence-electron chi connectivity index (χ1n) is 3.47. The van der Waals surface area contributed by atoms with Gasteiger partial charge in [-0.3, -0.25) is 4.57 Å². The fourth-order valence-corrected chi connectivity index (χ4v) is 1.02. The Morgan fingerprint density at radius 2 is 2.27 bits per heavy atom. The van der Waals surface area contributed by atoms with Crippen LogP contribution in [0.25, 0.3) is 0 Å². The van der Waals surface area contributed by atoms with E-state index in [9.17, 15) is 4.57 Å². The van der Waals surface area contributed by atoms with Crippen LogP contribution >= 0.6 is 7.60 Å². The number of ether oxygens (including phenoxy) is 1. The van der Waals surface area contributed by atoms with Gasteiger partial charge in [0.25, 0.3) is 0 Å². The van der Waals surface area contributed by atoms with Crippen LogP contribution < -0.4 is 0 Å². The smallest absolute Gasteiger partial charge is 0.325 e. The second-order valence-corrected chi connectivity index (χ2v) is 4.23. The Bertz CT molecular complexity index is 141. The van der Waals surface area contributed by atoms with Crippen molar-refractivity contribution in [2.45, 2.75) is 12.4 Å². The zero-order chi connectivity index (χ0) is 8.91. The van der Waals surface area contributed by atoms with Gasteiger partial charge in [0.1, 0.15) is 7.85 Å². The first kappa shape index (κ1) is 11.2. The van der Waals surface area contributed by atoms with E-state index in [1.807, 2.05) is 7.85 Å². The van der Waals surface area contributed by atoms with Gasteiger partial charge in [0, 0.05) is 13.8 Å². The molecule has 1 N–H and O–H groups in total. The molecule has 0 aliphatic heterocycles. The SMILES string of the molecule is BC[C@H](COP(C)(=O)O)OC. The lowest BCUT2D eigenvalue weighted by atomic mass is 10.0. The van der Waals surface area contributed by atoms with E-state index >= 15 is 0 Å². The number of methoxy groups -OCH3 is 1. The Balaban J connectivity index is 3.59. The Morgan fingerprint density at radius 1 is 1.73 bits per heavy atom. The zero-order valence-corrected chi connectivity index (χ0v) is 8.01. The van der Waals surface area contributed by atoms with Crippen molar-refractivity contribution < 1.29 is 18.7 Å². The van der Waals surface area contributed by atoms with Crippen LogP contribution in [0.1, 0.15) is 0 Å². The first-order chi connectivity index (χ1) is 4.99. The molecule has 0 rings (SSSR count). The summed E-state index contributed by atoms with van der Waals surface area (Å²) >= 11 is 0. The van der Waals surface area contributed by atoms with Crippen LogP contribution in [0.15, 0.2) is 0 Å². The standard InChI is InChI=1S/C5H14BO4P/c1-9-5(3-6)4-10-11(2,7)8/h5H,3-4,6H2,1-2H3,(H,7,8)/t5-/m1/s1. The quantitative estimate of drug-likeness (QED) is 0.473. The maximum absolute atomic E-state index is 10.6. The lowest BCUT2D eigenvalue weighted by Gasteiger charge is -2.14. The first-order valence-corrected chi connectivity index (χ1v) is 5.49. The molecule has 2 atom stereocenters. The summed E-state index contributed by atoms with van der Waals surface area (Å²) in [6.45, 7) is 1.34. The van der Waals surface area contributed by atoms with Gasteiger partial charge < -0.3 is 14.2 Å². The van der Waals surface area contributed by atoms with Crippen LogP contribution in [-0.4, -0.2) is 39.2 Å². The van der Waals surface area contributed by atoms with Crippen LogP contribution in [0.5, 0.6) is 0 Å². The third-order valence-corrected chi connectivity index (χ3v) is 1.92. The van der Waals surface area contributed by atoms with Crippen LogP contribution in [-0.2, 0) is 13.8 Å². The number of hydrogen-bond donors (Lipinski definition) is 1. The van der Waals surface area contributed by atoms with Crippen molar-refractivity contribution in [3.63, 3.8) is 0 Å². The van der Waals surface area contributed by atoms with Gasteiger partial charge in [0.15, 0.2) is 0 Å². The van der Waals surface area contributed by atoms with Crippen LogP contribution in [0.4, 0.5) is 0 Å². The summed E-state index contributed by atoms with van der Waals surface area (Å²) in [6, 6.07) is 0. The van der Waals surface area contributed by atoms with Crippen LogP contribution in [0.3, 0.4) is 0 Å². The summed E-state index contributed by atoms with van der Waals surface area (Å²) in [7, 11) is 0.151. The van der Waals surface area contributed by atoms with Crippen molar-refractivity contribution in [2.75, 3.05) is 20.4 Å². The van der Waals surface area contributed by atoms with Gasteiger partial charge in [-0.15, -0.1) is 0 Å². The summed E-state index contributed by atoms with van der Waals surface area (Å²) < 4.78 is 20.2. The minimum absolute atomic E-state index is 0.0876. The second-order valence-electron chi connectivity index (χ2n) is 2.36. The van der Waals surface area contributed by atoms with Gasteiger partial charge in [-0.2, -0.15) is 0 Å². The molecule has 0 aromatic rings. The molecular weight excluding hydrogens is 166 g/mol. The Hall–Kier alpha value is 0.175. The molecule has 0 heterocycles. The third kappa shape index (κ3) is 6.57. The largest absolute Gasteiger partial charge is 0.380 e. The van der Waals surface area contributed by atoms with E-state index in [0.717, 1.165) is 13.0 Å². The molecule has 11 heavy (non-hydrogen) atoms. The van der Waals surface area contributed by atoms with Gasteiger partial charge in [0.05, 0.1) is 12.7 Å². The molecule has 0 aromatic carbocycles. The van der Waals surface area contributed by atoms with E-state index in [-0.39, 0.29) is 12.7 Å². The maximum Gasteiger partial charge on any atom is 0.325 e. The molecule has 0 saturated heterocycles. The summed E-state index contributed by atoms with van der Waals surface area (Å²) in [6.07, 6.45) is 0.687. The molecule has 0 aromatic heterocycles. The van der Waals surface area contributed by atoms with Gasteiger partial charge in [0.2, 0.25) is 0 Å². The molecule has 0 spiro atoms. The van der Waals surface area contributed by atoms with Crippen molar-refractivity contribution in [2.24, 2.45) is 0 Å². The van der Waals surface area contributed by atoms with Crippen molar-refractivity contribution in [1.82, 2.24) is 0 Å². The molecule has 6 heteroatoms. The Kier molecular flexibility index (Phi) is 5.01. The molecule has 0 bridgehead atoms. The van der Waals surface area contributed by atoms with Crippen LogP contribution in [0, 0.1) is 0 Å². The molecule has 0 fully saturated rings. The minimum Gasteiger partial charge on any atom is -0.380 e. The molecule has 0 saturated carbocycles. The highest BCUT2D eigenvalue weighted by Crippen LogP contribution is 2.36. The highest BCUT2D eigenvalue weighted by atomic mass is 31.2. The van der Waals surface area contributed by atoms with Crippen molar-refractivity contribution >= 4 is 15.4 Å². The zero-order valence-electron chi connectivity index (χ0n) is 7.11. The summed E-state index contributed by atoms with van der Waals surface area (Å²) in [5.41, 5.74) is 0. The minimum atomic E-state index is -3.33. The topological polar surface area (TPSA) is 55.8 Å². The van der Waals surface area contributed by atoms with E-state index in [0.29, 0.717) is 0 Å². The maximum atomic E-state index is 10.6. The molecule has 0 radical (unpaired) electrons. The molecule has 0 aliphatic carbocycles. The van der Waals surface area contributed by atoms with Crippen LogP contribution in [0.2, 0.25) is 6.32 Å². The lowest BCUT2D eigenvalue weighted by Crippen LogP contribution is -2.16. The van der Waals surface area contributed by atoms with E-state index in [4.69, 9.17) is 9.63 Å². The van der Waals surface area contributed by atoms with E-state index in [1.54, 1.807) is 7.11 Å². The predicted octanol–water partition coefficient (Wildman–Crippen LogP) is -0.115. The molecular formula is C5H14BO4P. The van der Waals surface area contributed by atoms with Crippen molar-refractivity contribution in [3.8, 4) is 0 Å². The van der Waals surface area contributed by atoms with Gasteiger partial charge in [-0.1, -0.05) is 6.32 Å². The summed E-state index contributed by atoms with van der Waals surface area (Å²) in [4.78, 5) is 8.74. The number of rotatable bonds is 5. The monoisotopic (exact) mass is 180 g/mol. The van der Waals surface area contributed by atoms with Gasteiger partial charge in [-0.25, -0.2) is 0 Å². The average molecular weight is 180 g/mol. The fourth-order valence-electron chi connectivity index (χ4n) is 0.574. The predicted molar refractivity (Wildman–Crippen MR) is 45.8 cm³/mol. The Morgan fingerprint density at radius 3 is 2.55 bits per heavy atom. The van der Waals surface area contributed by atoms with Crippen molar-refractivity contribution in [1.29, 1.82) is 0 Å². The van der Waals surface area contributed by atoms with E-state index in [1.165, 1.54) is 0 Å². The average Bonchev–Trinajstić information content (AvgIpc) is 1.88. The van der Waals surface area contributed by atoms with Gasteiger partial charge >= 0.3 is 7.60 Å². The molecule has 0 amide bonds. The van der Waals surface area contributed by atoms with E-state index < -0.39 is 7.60 Å². The fraction of sp³-hybridized carbons (Fsp3) is 1.00. The van der Waals surface area contributed by atoms with Gasteiger partial charge in [-0.05, 0) is 0 Å². The third-order valence-electron chi connectivity index (χ3n) is 1.29. The normalized spacial score (nSPS) is 19.2. The Labute approximate surface area is 67.8 Å². The summed E-state index contributed by atoms with van der Waals surface area (Å²) in [5, 5.41) is 0. The highest BCUT2D eigenvalue weighted by Gasteiger charge is 2.13. The molecule has 0 aliphatic rings. The highest BCUT2D eigenvalue weighted by molar-refractivity contribution is 7.51. The number of hydrogen-bond acceptors (Lipinski definition) is 3. The molecule has 4 nitrogen and oxygen atoms in total. The molecule has 1 unspecified atom stereocenters. The second kappa shape index (κ2) is 4.93. The van der Waals surface area contributed by atoms with Crippen molar-refractivity contribution in [3.05, 3.63) is 0 Å². The lowest BCUT2D eigenvalue weighted by molar-refractivity contribution is 0.0680.